The van der Waals surface area contributed by atoms with Crippen molar-refractivity contribution in [3.63, 3.8) is 0 Å². The number of carbonyl (C=O) groups is 4. The van der Waals surface area contributed by atoms with E-state index in [9.17, 15) is 29.4 Å². The maximum absolute atomic E-state index is 12.9. The van der Waals surface area contributed by atoms with Crippen molar-refractivity contribution >= 4 is 23.7 Å². The van der Waals surface area contributed by atoms with Crippen LogP contribution in [-0.4, -0.2) is 81.2 Å². The fourth-order valence-corrected chi connectivity index (χ4v) is 3.56. The van der Waals surface area contributed by atoms with E-state index in [2.05, 4.69) is 25.9 Å². The number of hydrogen-bond acceptors (Lipinski definition) is 8. The third kappa shape index (κ3) is 9.99. The molecule has 37 heavy (non-hydrogen) atoms. The van der Waals surface area contributed by atoms with Crippen molar-refractivity contribution in [2.75, 3.05) is 13.2 Å². The van der Waals surface area contributed by atoms with Crippen molar-refractivity contribution in [1.82, 2.24) is 25.9 Å². The lowest BCUT2D eigenvalue weighted by Gasteiger charge is -2.24. The molecule has 0 aliphatic carbocycles. The van der Waals surface area contributed by atoms with Crippen LogP contribution in [-0.2, 0) is 32.0 Å². The predicted molar refractivity (Wildman–Crippen MR) is 134 cm³/mol. The largest absolute Gasteiger partial charge is 0.480 e. The Bertz CT molecular complexity index is 1000. The van der Waals surface area contributed by atoms with Crippen LogP contribution in [0.3, 0.4) is 0 Å². The molecule has 2 aromatic rings. The van der Waals surface area contributed by atoms with Gasteiger partial charge in [0.1, 0.15) is 18.1 Å². The second-order valence-corrected chi connectivity index (χ2v) is 8.57. The number of nitrogens with zero attached hydrogens (tertiary/aromatic N) is 1. The van der Waals surface area contributed by atoms with E-state index in [1.165, 1.54) is 12.5 Å². The Morgan fingerprint density at radius 2 is 1.57 bits per heavy atom. The number of aliphatic hydroxyl groups excluding tert-OH is 1. The van der Waals surface area contributed by atoms with Crippen molar-refractivity contribution in [2.24, 2.45) is 11.5 Å². The van der Waals surface area contributed by atoms with Gasteiger partial charge < -0.3 is 42.6 Å². The Morgan fingerprint density at radius 3 is 2.16 bits per heavy atom. The van der Waals surface area contributed by atoms with Gasteiger partial charge in [-0.15, -0.1) is 0 Å². The summed E-state index contributed by atoms with van der Waals surface area (Å²) in [6.07, 6.45) is 4.24. The normalized spacial score (nSPS) is 14.1. The summed E-state index contributed by atoms with van der Waals surface area (Å²) < 4.78 is 0. The van der Waals surface area contributed by atoms with Gasteiger partial charge in [-0.25, -0.2) is 9.78 Å². The number of H-pyrrole nitrogens is 1. The van der Waals surface area contributed by atoms with E-state index in [1.807, 2.05) is 30.3 Å². The molecule has 0 aliphatic heterocycles. The number of carboxylic acid groups (broad SMARTS) is 1. The van der Waals surface area contributed by atoms with E-state index in [1.54, 1.807) is 0 Å². The first-order valence-corrected chi connectivity index (χ1v) is 12.0. The Labute approximate surface area is 214 Å². The average molecular weight is 518 g/mol. The number of aliphatic hydroxyl groups is 1. The lowest BCUT2D eigenvalue weighted by Crippen LogP contribution is -2.58. The predicted octanol–water partition coefficient (Wildman–Crippen LogP) is -1.82. The summed E-state index contributed by atoms with van der Waals surface area (Å²) in [6, 6.07) is 4.35. The van der Waals surface area contributed by atoms with Gasteiger partial charge in [-0.1, -0.05) is 30.3 Å². The monoisotopic (exact) mass is 517 g/mol. The first-order valence-electron chi connectivity index (χ1n) is 12.0. The van der Waals surface area contributed by atoms with Crippen LogP contribution in [0.4, 0.5) is 0 Å². The Kier molecular flexibility index (Phi) is 12.2. The molecule has 13 heteroatoms. The number of carbonyl (C=O) groups excluding carboxylic acids is 3. The summed E-state index contributed by atoms with van der Waals surface area (Å²) >= 11 is 0. The lowest BCUT2D eigenvalue weighted by molar-refractivity contribution is -0.142. The van der Waals surface area contributed by atoms with Crippen LogP contribution < -0.4 is 27.4 Å². The van der Waals surface area contributed by atoms with Crippen LogP contribution in [0.15, 0.2) is 42.9 Å². The van der Waals surface area contributed by atoms with Crippen LogP contribution in [0.2, 0.25) is 0 Å². The molecular weight excluding hydrogens is 482 g/mol. The minimum absolute atomic E-state index is 0.0425. The molecule has 1 aromatic carbocycles. The summed E-state index contributed by atoms with van der Waals surface area (Å²) in [5.41, 5.74) is 12.8. The van der Waals surface area contributed by atoms with Crippen molar-refractivity contribution in [2.45, 2.75) is 56.3 Å². The number of carboxylic acids is 1. The zero-order valence-electron chi connectivity index (χ0n) is 20.4. The molecule has 0 saturated heterocycles. The summed E-state index contributed by atoms with van der Waals surface area (Å²) in [5, 5.41) is 26.6. The van der Waals surface area contributed by atoms with Gasteiger partial charge in [0, 0.05) is 18.3 Å². The average Bonchev–Trinajstić information content (AvgIpc) is 3.39. The summed E-state index contributed by atoms with van der Waals surface area (Å²) in [4.78, 5) is 56.6. The SMILES string of the molecule is NCCCCC(NC(=O)C(CO)NC(=O)C(N)Cc1ccccc1)C(=O)NC(Cc1cnc[nH]1)C(=O)O. The van der Waals surface area contributed by atoms with Crippen LogP contribution in [0.5, 0.6) is 0 Å². The third-order valence-electron chi connectivity index (χ3n) is 5.62. The van der Waals surface area contributed by atoms with E-state index >= 15 is 0 Å². The fourth-order valence-electron chi connectivity index (χ4n) is 3.56. The van der Waals surface area contributed by atoms with Gasteiger partial charge in [0.15, 0.2) is 0 Å². The van der Waals surface area contributed by atoms with Crippen LogP contribution >= 0.6 is 0 Å². The molecule has 13 nitrogen and oxygen atoms in total. The van der Waals surface area contributed by atoms with E-state index in [4.69, 9.17) is 11.5 Å². The number of nitrogens with two attached hydrogens (primary N) is 2. The summed E-state index contributed by atoms with van der Waals surface area (Å²) in [5.74, 6) is -3.44. The van der Waals surface area contributed by atoms with Gasteiger partial charge in [-0.2, -0.15) is 0 Å². The lowest BCUT2D eigenvalue weighted by atomic mass is 10.1. The molecule has 4 atom stereocenters. The van der Waals surface area contributed by atoms with Crippen molar-refractivity contribution < 1.29 is 29.4 Å². The maximum Gasteiger partial charge on any atom is 0.326 e. The highest BCUT2D eigenvalue weighted by molar-refractivity contribution is 5.94. The van der Waals surface area contributed by atoms with Crippen molar-refractivity contribution in [1.29, 1.82) is 0 Å². The Balaban J connectivity index is 2.03. The molecule has 3 amide bonds. The first kappa shape index (κ1) is 29.4. The third-order valence-corrected chi connectivity index (χ3v) is 5.62. The molecule has 0 aliphatic rings. The molecule has 1 aromatic heterocycles. The van der Waals surface area contributed by atoms with Gasteiger partial charge in [0.05, 0.1) is 19.0 Å². The number of aliphatic carboxylic acids is 1. The molecular formula is C24H35N7O6. The number of unbranched alkanes of at least 4 members (excludes halogenated alkanes) is 1. The molecule has 1 heterocycles. The first-order chi connectivity index (χ1) is 17.7. The van der Waals surface area contributed by atoms with E-state index in [0.29, 0.717) is 25.1 Å². The quantitative estimate of drug-likeness (QED) is 0.117. The molecule has 10 N–H and O–H groups in total. The molecule has 0 bridgehead atoms. The van der Waals surface area contributed by atoms with Gasteiger partial charge in [0.25, 0.3) is 0 Å². The minimum atomic E-state index is -1.36. The molecule has 0 saturated carbocycles. The van der Waals surface area contributed by atoms with Crippen LogP contribution in [0.1, 0.15) is 30.5 Å². The standard InChI is InChI=1S/C24H35N7O6/c25-9-5-4-8-18(22(34)30-19(24(36)37)11-16-12-27-14-28-16)29-23(35)20(13-32)31-21(33)17(26)10-15-6-2-1-3-7-15/h1-3,6-7,12,14,17-20,32H,4-5,8-11,13,25-26H2,(H,27,28)(H,29,35)(H,30,34)(H,31,33)(H,36,37). The topological polar surface area (TPSA) is 226 Å². The molecule has 0 spiro atoms. The smallest absolute Gasteiger partial charge is 0.326 e. The Morgan fingerprint density at radius 1 is 0.919 bits per heavy atom. The highest BCUT2D eigenvalue weighted by Crippen LogP contribution is 2.06. The zero-order chi connectivity index (χ0) is 27.2. The van der Waals surface area contributed by atoms with Gasteiger partial charge in [-0.3, -0.25) is 14.4 Å². The molecule has 0 radical (unpaired) electrons. The van der Waals surface area contributed by atoms with Crippen LogP contribution in [0, 0.1) is 0 Å². The number of hydrogen-bond donors (Lipinski definition) is 8. The maximum atomic E-state index is 12.9. The highest BCUT2D eigenvalue weighted by Gasteiger charge is 2.30. The minimum Gasteiger partial charge on any atom is -0.480 e. The number of imidazole rings is 1. The van der Waals surface area contributed by atoms with E-state index in [0.717, 1.165) is 5.56 Å². The number of amides is 3. The zero-order valence-corrected chi connectivity index (χ0v) is 20.4. The number of aromatic nitrogens is 2. The van der Waals surface area contributed by atoms with Gasteiger partial charge in [0.2, 0.25) is 17.7 Å². The van der Waals surface area contributed by atoms with Gasteiger partial charge >= 0.3 is 5.97 Å². The Hall–Kier alpha value is -3.81. The van der Waals surface area contributed by atoms with Gasteiger partial charge in [-0.05, 0) is 37.8 Å². The number of aromatic amines is 1. The van der Waals surface area contributed by atoms with Crippen LogP contribution in [0.25, 0.3) is 0 Å². The number of benzene rings is 1. The highest BCUT2D eigenvalue weighted by atomic mass is 16.4. The fraction of sp³-hybridized carbons (Fsp3) is 0.458. The molecule has 202 valence electrons. The van der Waals surface area contributed by atoms with Crippen molar-refractivity contribution in [3.8, 4) is 0 Å². The van der Waals surface area contributed by atoms with E-state index in [-0.39, 0.29) is 19.3 Å². The number of nitrogens with one attached hydrogen (secondary N) is 4. The van der Waals surface area contributed by atoms with Crippen molar-refractivity contribution in [3.05, 3.63) is 54.1 Å². The molecule has 4 unspecified atom stereocenters. The van der Waals surface area contributed by atoms with E-state index < -0.39 is 54.5 Å². The second kappa shape index (κ2) is 15.3. The molecule has 2 rings (SSSR count). The molecule has 0 fully saturated rings. The second-order valence-electron chi connectivity index (χ2n) is 8.57. The summed E-state index contributed by atoms with van der Waals surface area (Å²) in [7, 11) is 0. The summed E-state index contributed by atoms with van der Waals surface area (Å²) in [6.45, 7) is -0.362. The number of rotatable bonds is 16.